The SMILES string of the molecule is CC(C)CCc1cn(-c2ccc(NC(=O)Nc3cccc(F)c3)cc2)[nH]1. The minimum Gasteiger partial charge on any atom is -0.308 e. The lowest BCUT2D eigenvalue weighted by atomic mass is 10.1. The highest BCUT2D eigenvalue weighted by atomic mass is 19.1. The second kappa shape index (κ2) is 7.91. The maximum atomic E-state index is 13.1. The highest BCUT2D eigenvalue weighted by molar-refractivity contribution is 5.99. The van der Waals surface area contributed by atoms with E-state index in [1.54, 1.807) is 12.1 Å². The monoisotopic (exact) mass is 354 g/mol. The molecule has 0 saturated heterocycles. The lowest BCUT2D eigenvalue weighted by Gasteiger charge is -2.17. The summed E-state index contributed by atoms with van der Waals surface area (Å²) in [6.07, 6.45) is 4.30. The van der Waals surface area contributed by atoms with Crippen LogP contribution in [0.2, 0.25) is 0 Å². The fourth-order valence-corrected chi connectivity index (χ4v) is 2.57. The Morgan fingerprint density at radius 2 is 1.81 bits per heavy atom. The van der Waals surface area contributed by atoms with Crippen molar-refractivity contribution in [2.45, 2.75) is 26.7 Å². The van der Waals surface area contributed by atoms with E-state index in [4.69, 9.17) is 0 Å². The van der Waals surface area contributed by atoms with E-state index in [0.717, 1.165) is 18.5 Å². The Morgan fingerprint density at radius 3 is 2.46 bits per heavy atom. The summed E-state index contributed by atoms with van der Waals surface area (Å²) in [5.74, 6) is 0.297. The fourth-order valence-electron chi connectivity index (χ4n) is 2.57. The Morgan fingerprint density at radius 1 is 1.12 bits per heavy atom. The van der Waals surface area contributed by atoms with Gasteiger partial charge in [0.05, 0.1) is 11.4 Å². The van der Waals surface area contributed by atoms with Crippen LogP contribution in [0.25, 0.3) is 5.69 Å². The van der Waals surface area contributed by atoms with E-state index in [9.17, 15) is 9.18 Å². The van der Waals surface area contributed by atoms with Gasteiger partial charge in [-0.25, -0.2) is 9.18 Å². The smallest absolute Gasteiger partial charge is 0.308 e. The number of H-pyrrole nitrogens is 1. The van der Waals surface area contributed by atoms with Crippen LogP contribution < -0.4 is 10.6 Å². The van der Waals surface area contributed by atoms with Crippen molar-refractivity contribution < 1.29 is 9.18 Å². The number of aromatic amines is 1. The molecule has 0 spiro atoms. The molecule has 0 radical (unpaired) electrons. The molecule has 0 atom stereocenters. The van der Waals surface area contributed by atoms with Crippen molar-refractivity contribution in [2.75, 3.05) is 10.6 Å². The molecule has 0 saturated carbocycles. The lowest BCUT2D eigenvalue weighted by Crippen LogP contribution is -2.19. The number of rotatable bonds is 6. The Balaban J connectivity index is 1.54. The van der Waals surface area contributed by atoms with Crippen LogP contribution in [-0.4, -0.2) is 15.8 Å². The van der Waals surface area contributed by atoms with Gasteiger partial charge < -0.3 is 10.6 Å². The van der Waals surface area contributed by atoms with Crippen molar-refractivity contribution in [3.05, 3.63) is 66.2 Å². The van der Waals surface area contributed by atoms with Crippen LogP contribution in [0.1, 0.15) is 26.0 Å². The van der Waals surface area contributed by atoms with Crippen LogP contribution >= 0.6 is 0 Å². The molecule has 26 heavy (non-hydrogen) atoms. The first kappa shape index (κ1) is 17.8. The number of urea groups is 1. The Labute approximate surface area is 152 Å². The zero-order valence-corrected chi connectivity index (χ0v) is 14.9. The summed E-state index contributed by atoms with van der Waals surface area (Å²) < 4.78 is 15.1. The molecule has 0 aliphatic rings. The van der Waals surface area contributed by atoms with Gasteiger partial charge in [-0.05, 0) is 61.2 Å². The van der Waals surface area contributed by atoms with E-state index in [0.29, 0.717) is 17.3 Å². The molecule has 3 aromatic rings. The van der Waals surface area contributed by atoms with Gasteiger partial charge in [0.2, 0.25) is 0 Å². The number of nitrogens with zero attached hydrogens (tertiary/aromatic N) is 1. The van der Waals surface area contributed by atoms with Crippen LogP contribution in [0.4, 0.5) is 20.6 Å². The number of hydrogen-bond donors (Lipinski definition) is 3. The molecule has 0 bridgehead atoms. The molecule has 3 rings (SSSR count). The Kier molecular flexibility index (Phi) is 5.41. The van der Waals surface area contributed by atoms with Crippen LogP contribution in [0.15, 0.2) is 54.7 Å². The molecule has 1 heterocycles. The van der Waals surface area contributed by atoms with E-state index in [2.05, 4.69) is 35.8 Å². The third-order valence-corrected chi connectivity index (χ3v) is 4.03. The van der Waals surface area contributed by atoms with Crippen molar-refractivity contribution in [1.29, 1.82) is 0 Å². The first-order valence-corrected chi connectivity index (χ1v) is 8.70. The summed E-state index contributed by atoms with van der Waals surface area (Å²) in [5.41, 5.74) is 3.29. The first-order chi connectivity index (χ1) is 12.5. The topological polar surface area (TPSA) is 61.9 Å². The van der Waals surface area contributed by atoms with Crippen molar-refractivity contribution >= 4 is 17.4 Å². The van der Waals surface area contributed by atoms with E-state index in [-0.39, 0.29) is 0 Å². The van der Waals surface area contributed by atoms with E-state index < -0.39 is 11.8 Å². The van der Waals surface area contributed by atoms with Gasteiger partial charge in [-0.1, -0.05) is 19.9 Å². The summed E-state index contributed by atoms with van der Waals surface area (Å²) in [4.78, 5) is 12.0. The van der Waals surface area contributed by atoms with Gasteiger partial charge in [-0.15, -0.1) is 0 Å². The van der Waals surface area contributed by atoms with Crippen LogP contribution in [-0.2, 0) is 6.42 Å². The van der Waals surface area contributed by atoms with Gasteiger partial charge in [0.15, 0.2) is 0 Å². The summed E-state index contributed by atoms with van der Waals surface area (Å²) in [6.45, 7) is 4.43. The molecule has 0 aliphatic carbocycles. The van der Waals surface area contributed by atoms with Gasteiger partial charge >= 0.3 is 6.03 Å². The molecule has 0 aliphatic heterocycles. The number of aromatic nitrogens is 2. The van der Waals surface area contributed by atoms with Gasteiger partial charge in [-0.3, -0.25) is 9.78 Å². The van der Waals surface area contributed by atoms with E-state index in [1.807, 2.05) is 28.9 Å². The average Bonchev–Trinajstić information content (AvgIpc) is 2.54. The number of benzene rings is 2. The standard InChI is InChI=1S/C20H23FN4O/c1-14(2)6-7-18-13-25(24-18)19-10-8-16(9-11-19)22-20(26)23-17-5-3-4-15(21)12-17/h3-5,8-14,24H,6-7H2,1-2H3,(H2,22,23,26). The maximum Gasteiger partial charge on any atom is 0.323 e. The van der Waals surface area contributed by atoms with Crippen molar-refractivity contribution in [1.82, 2.24) is 9.78 Å². The average molecular weight is 354 g/mol. The largest absolute Gasteiger partial charge is 0.323 e. The quantitative estimate of drug-likeness (QED) is 0.561. The number of carbonyl (C=O) groups is 1. The predicted molar refractivity (Wildman–Crippen MR) is 102 cm³/mol. The predicted octanol–water partition coefficient (Wildman–Crippen LogP) is 5.18. The zero-order chi connectivity index (χ0) is 18.5. The third-order valence-electron chi connectivity index (χ3n) is 4.03. The first-order valence-electron chi connectivity index (χ1n) is 8.70. The van der Waals surface area contributed by atoms with Crippen LogP contribution in [0.3, 0.4) is 0 Å². The van der Waals surface area contributed by atoms with Gasteiger partial charge in [0.1, 0.15) is 5.82 Å². The van der Waals surface area contributed by atoms with Crippen LogP contribution in [0, 0.1) is 11.7 Å². The summed E-state index contributed by atoms with van der Waals surface area (Å²) in [5, 5.41) is 8.63. The van der Waals surface area contributed by atoms with Crippen molar-refractivity contribution in [2.24, 2.45) is 5.92 Å². The van der Waals surface area contributed by atoms with E-state index >= 15 is 0 Å². The molecule has 5 nitrogen and oxygen atoms in total. The molecule has 0 unspecified atom stereocenters. The molecule has 3 N–H and O–H groups in total. The number of nitrogens with one attached hydrogen (secondary N) is 3. The fraction of sp³-hybridized carbons (Fsp3) is 0.250. The Hall–Kier alpha value is -3.02. The number of amides is 2. The molecule has 6 heteroatoms. The molecule has 2 amide bonds. The van der Waals surface area contributed by atoms with Gasteiger partial charge in [-0.2, -0.15) is 0 Å². The lowest BCUT2D eigenvalue weighted by molar-refractivity contribution is 0.262. The summed E-state index contributed by atoms with van der Waals surface area (Å²) in [7, 11) is 0. The Bertz CT molecular complexity index is 852. The molecule has 1 aromatic heterocycles. The maximum absolute atomic E-state index is 13.1. The molecular formula is C20H23FN4O. The van der Waals surface area contributed by atoms with Crippen molar-refractivity contribution in [3.8, 4) is 5.69 Å². The van der Waals surface area contributed by atoms with Crippen LogP contribution in [0.5, 0.6) is 0 Å². The molecule has 2 aromatic carbocycles. The number of halogens is 1. The van der Waals surface area contributed by atoms with Gasteiger partial charge in [0, 0.05) is 17.6 Å². The summed E-state index contributed by atoms with van der Waals surface area (Å²) >= 11 is 0. The minimum atomic E-state index is -0.415. The second-order valence-electron chi connectivity index (χ2n) is 6.71. The summed E-state index contributed by atoms with van der Waals surface area (Å²) in [6, 6.07) is 12.8. The second-order valence-corrected chi connectivity index (χ2v) is 6.71. The minimum absolute atomic E-state index is 0.394. The molecule has 136 valence electrons. The zero-order valence-electron chi connectivity index (χ0n) is 14.9. The molecule has 0 fully saturated rings. The third kappa shape index (κ3) is 4.75. The number of hydrogen-bond acceptors (Lipinski definition) is 1. The normalized spacial score (nSPS) is 10.9. The molecular weight excluding hydrogens is 331 g/mol. The number of anilines is 2. The highest BCUT2D eigenvalue weighted by Crippen LogP contribution is 2.17. The van der Waals surface area contributed by atoms with E-state index in [1.165, 1.54) is 17.8 Å². The van der Waals surface area contributed by atoms with Crippen molar-refractivity contribution in [3.63, 3.8) is 0 Å². The number of aryl methyl sites for hydroxylation is 1. The highest BCUT2D eigenvalue weighted by Gasteiger charge is 2.07. The number of carbonyl (C=O) groups excluding carboxylic acids is 1. The van der Waals surface area contributed by atoms with Gasteiger partial charge in [0.25, 0.3) is 0 Å².